The second-order valence-electron chi connectivity index (χ2n) is 3.48. The van der Waals surface area contributed by atoms with E-state index in [1.165, 1.54) is 10.7 Å². The van der Waals surface area contributed by atoms with Gasteiger partial charge >= 0.3 is 0 Å². The lowest BCUT2D eigenvalue weighted by Crippen LogP contribution is -2.13. The van der Waals surface area contributed by atoms with Gasteiger partial charge in [-0.3, -0.25) is 9.89 Å². The SMILES string of the molecule is Cc1cc(C)cc(-n2[nH]ccc2=O)c1. The maximum atomic E-state index is 11.4. The van der Waals surface area contributed by atoms with E-state index in [4.69, 9.17) is 0 Å². The van der Waals surface area contributed by atoms with Crippen molar-refractivity contribution in [2.45, 2.75) is 13.8 Å². The quantitative estimate of drug-likeness (QED) is 0.727. The first-order valence-corrected chi connectivity index (χ1v) is 4.52. The predicted molar refractivity (Wildman–Crippen MR) is 55.9 cm³/mol. The normalized spacial score (nSPS) is 10.4. The Morgan fingerprint density at radius 3 is 2.29 bits per heavy atom. The van der Waals surface area contributed by atoms with Crippen LogP contribution in [0.3, 0.4) is 0 Å². The van der Waals surface area contributed by atoms with Gasteiger partial charge in [-0.2, -0.15) is 0 Å². The molecule has 0 radical (unpaired) electrons. The summed E-state index contributed by atoms with van der Waals surface area (Å²) in [7, 11) is 0. The van der Waals surface area contributed by atoms with Crippen molar-refractivity contribution in [2.75, 3.05) is 0 Å². The monoisotopic (exact) mass is 188 g/mol. The van der Waals surface area contributed by atoms with Crippen molar-refractivity contribution in [3.63, 3.8) is 0 Å². The van der Waals surface area contributed by atoms with Crippen molar-refractivity contribution in [1.82, 2.24) is 9.78 Å². The molecule has 14 heavy (non-hydrogen) atoms. The summed E-state index contributed by atoms with van der Waals surface area (Å²) in [6, 6.07) is 7.55. The summed E-state index contributed by atoms with van der Waals surface area (Å²) >= 11 is 0. The van der Waals surface area contributed by atoms with Gasteiger partial charge in [0.15, 0.2) is 0 Å². The van der Waals surface area contributed by atoms with Crippen molar-refractivity contribution < 1.29 is 0 Å². The van der Waals surface area contributed by atoms with Gasteiger partial charge in [-0.05, 0) is 37.1 Å². The van der Waals surface area contributed by atoms with E-state index in [1.54, 1.807) is 6.20 Å². The van der Waals surface area contributed by atoms with E-state index in [0.29, 0.717) is 0 Å². The third-order valence-electron chi connectivity index (χ3n) is 2.11. The molecule has 1 heterocycles. The first-order chi connectivity index (χ1) is 6.66. The molecule has 0 saturated carbocycles. The van der Waals surface area contributed by atoms with E-state index in [2.05, 4.69) is 11.2 Å². The molecule has 0 aliphatic rings. The van der Waals surface area contributed by atoms with Crippen LogP contribution in [0.15, 0.2) is 35.3 Å². The van der Waals surface area contributed by atoms with Crippen LogP contribution in [0.2, 0.25) is 0 Å². The maximum absolute atomic E-state index is 11.4. The molecule has 72 valence electrons. The zero-order valence-corrected chi connectivity index (χ0v) is 8.24. The van der Waals surface area contributed by atoms with E-state index in [0.717, 1.165) is 16.8 Å². The summed E-state index contributed by atoms with van der Waals surface area (Å²) in [4.78, 5) is 11.4. The minimum Gasteiger partial charge on any atom is -0.298 e. The highest BCUT2D eigenvalue weighted by molar-refractivity contribution is 5.38. The first-order valence-electron chi connectivity index (χ1n) is 4.52. The van der Waals surface area contributed by atoms with E-state index >= 15 is 0 Å². The zero-order valence-electron chi connectivity index (χ0n) is 8.24. The number of nitrogens with zero attached hydrogens (tertiary/aromatic N) is 1. The summed E-state index contributed by atoms with van der Waals surface area (Å²) in [5, 5.41) is 2.88. The lowest BCUT2D eigenvalue weighted by atomic mass is 10.1. The molecule has 0 fully saturated rings. The molecule has 0 spiro atoms. The summed E-state index contributed by atoms with van der Waals surface area (Å²) in [6.07, 6.45) is 1.64. The summed E-state index contributed by atoms with van der Waals surface area (Å²) in [6.45, 7) is 4.04. The van der Waals surface area contributed by atoms with Crippen molar-refractivity contribution >= 4 is 0 Å². The Kier molecular flexibility index (Phi) is 2.00. The van der Waals surface area contributed by atoms with Crippen LogP contribution in [0.5, 0.6) is 0 Å². The van der Waals surface area contributed by atoms with Crippen molar-refractivity contribution in [2.24, 2.45) is 0 Å². The van der Waals surface area contributed by atoms with Gasteiger partial charge in [-0.15, -0.1) is 0 Å². The van der Waals surface area contributed by atoms with Crippen molar-refractivity contribution in [1.29, 1.82) is 0 Å². The second-order valence-corrected chi connectivity index (χ2v) is 3.48. The molecule has 2 rings (SSSR count). The number of benzene rings is 1. The van der Waals surface area contributed by atoms with E-state index in [-0.39, 0.29) is 5.56 Å². The number of hydrogen-bond acceptors (Lipinski definition) is 1. The molecule has 1 aromatic heterocycles. The van der Waals surface area contributed by atoms with E-state index < -0.39 is 0 Å². The molecule has 2 aromatic rings. The smallest absolute Gasteiger partial charge is 0.271 e. The first kappa shape index (κ1) is 8.81. The average molecular weight is 188 g/mol. The third-order valence-corrected chi connectivity index (χ3v) is 2.11. The van der Waals surface area contributed by atoms with Crippen LogP contribution in [-0.4, -0.2) is 9.78 Å². The summed E-state index contributed by atoms with van der Waals surface area (Å²) < 4.78 is 1.53. The number of hydrogen-bond donors (Lipinski definition) is 1. The summed E-state index contributed by atoms with van der Waals surface area (Å²) in [5.41, 5.74) is 3.16. The van der Waals surface area contributed by atoms with Gasteiger partial charge in [-0.25, -0.2) is 4.68 Å². The molecule has 0 saturated heterocycles. The highest BCUT2D eigenvalue weighted by Gasteiger charge is 2.00. The van der Waals surface area contributed by atoms with Crippen LogP contribution in [-0.2, 0) is 0 Å². The molecule has 0 atom stereocenters. The zero-order chi connectivity index (χ0) is 10.1. The lowest BCUT2D eigenvalue weighted by molar-refractivity contribution is 0.847. The van der Waals surface area contributed by atoms with Gasteiger partial charge in [0.05, 0.1) is 5.69 Å². The van der Waals surface area contributed by atoms with Crippen LogP contribution >= 0.6 is 0 Å². The lowest BCUT2D eigenvalue weighted by Gasteiger charge is -2.04. The predicted octanol–water partition coefficient (Wildman–Crippen LogP) is 1.78. The van der Waals surface area contributed by atoms with Gasteiger partial charge in [-0.1, -0.05) is 6.07 Å². The molecule has 0 aliphatic heterocycles. The number of aromatic nitrogens is 2. The topological polar surface area (TPSA) is 37.8 Å². The van der Waals surface area contributed by atoms with Crippen LogP contribution in [0.4, 0.5) is 0 Å². The van der Waals surface area contributed by atoms with E-state index in [9.17, 15) is 4.79 Å². The van der Waals surface area contributed by atoms with Gasteiger partial charge in [0.1, 0.15) is 0 Å². The van der Waals surface area contributed by atoms with E-state index in [1.807, 2.05) is 26.0 Å². The Morgan fingerprint density at radius 2 is 1.79 bits per heavy atom. The number of rotatable bonds is 1. The molecule has 0 unspecified atom stereocenters. The Balaban J connectivity index is 2.63. The third kappa shape index (κ3) is 1.48. The Labute approximate surface area is 82.0 Å². The van der Waals surface area contributed by atoms with Gasteiger partial charge in [0, 0.05) is 12.3 Å². The van der Waals surface area contributed by atoms with Gasteiger partial charge < -0.3 is 0 Å². The van der Waals surface area contributed by atoms with Gasteiger partial charge in [0.25, 0.3) is 5.56 Å². The van der Waals surface area contributed by atoms with Crippen LogP contribution < -0.4 is 5.56 Å². The Morgan fingerprint density at radius 1 is 1.14 bits per heavy atom. The number of aryl methyl sites for hydroxylation is 2. The molecular weight excluding hydrogens is 176 g/mol. The fourth-order valence-corrected chi connectivity index (χ4v) is 1.60. The average Bonchev–Trinajstić information content (AvgIpc) is 2.49. The molecule has 3 nitrogen and oxygen atoms in total. The number of H-pyrrole nitrogens is 1. The largest absolute Gasteiger partial charge is 0.298 e. The fraction of sp³-hybridized carbons (Fsp3) is 0.182. The second kappa shape index (κ2) is 3.18. The summed E-state index contributed by atoms with van der Waals surface area (Å²) in [5.74, 6) is 0. The number of aromatic amines is 1. The molecule has 3 heteroatoms. The highest BCUT2D eigenvalue weighted by Crippen LogP contribution is 2.10. The van der Waals surface area contributed by atoms with Crippen molar-refractivity contribution in [3.05, 3.63) is 51.9 Å². The standard InChI is InChI=1S/C11H12N2O/c1-8-5-9(2)7-10(6-8)13-11(14)3-4-12-13/h3-7,12H,1-2H3. The minimum atomic E-state index is -0.0324. The van der Waals surface area contributed by atoms with Crippen LogP contribution in [0.25, 0.3) is 5.69 Å². The Hall–Kier alpha value is -1.77. The minimum absolute atomic E-state index is 0.0324. The van der Waals surface area contributed by atoms with Crippen LogP contribution in [0.1, 0.15) is 11.1 Å². The number of nitrogens with one attached hydrogen (secondary N) is 1. The maximum Gasteiger partial charge on any atom is 0.271 e. The molecular formula is C11H12N2O. The molecule has 1 aromatic carbocycles. The van der Waals surface area contributed by atoms with Crippen molar-refractivity contribution in [3.8, 4) is 5.69 Å². The highest BCUT2D eigenvalue weighted by atomic mass is 16.1. The molecule has 0 aliphatic carbocycles. The Bertz CT molecular complexity index is 488. The molecule has 0 bridgehead atoms. The fourth-order valence-electron chi connectivity index (χ4n) is 1.60. The van der Waals surface area contributed by atoms with Gasteiger partial charge in [0.2, 0.25) is 0 Å². The molecule has 1 N–H and O–H groups in total. The molecule has 0 amide bonds. The van der Waals surface area contributed by atoms with Crippen LogP contribution in [0, 0.1) is 13.8 Å².